The van der Waals surface area contributed by atoms with Crippen molar-refractivity contribution in [3.8, 4) is 6.07 Å². The van der Waals surface area contributed by atoms with E-state index in [0.29, 0.717) is 11.3 Å². The molecule has 3 nitrogen and oxygen atoms in total. The summed E-state index contributed by atoms with van der Waals surface area (Å²) < 4.78 is 12.8. The van der Waals surface area contributed by atoms with E-state index < -0.39 is 5.91 Å². The number of hydrogen-bond acceptors (Lipinski definition) is 2. The van der Waals surface area contributed by atoms with Gasteiger partial charge >= 0.3 is 0 Å². The second kappa shape index (κ2) is 6.30. The predicted octanol–water partition coefficient (Wildman–Crippen LogP) is 3.37. The number of hydrogen-bond donors (Lipinski definition) is 1. The molecular weight excluding hydrogens is 255 g/mol. The van der Waals surface area contributed by atoms with Crippen LogP contribution in [0, 0.1) is 17.1 Å². The Labute approximate surface area is 116 Å². The van der Waals surface area contributed by atoms with Crippen LogP contribution in [0.5, 0.6) is 0 Å². The third-order valence-corrected chi connectivity index (χ3v) is 2.58. The molecule has 0 bridgehead atoms. The van der Waals surface area contributed by atoms with E-state index in [9.17, 15) is 9.18 Å². The molecule has 1 N–H and O–H groups in total. The van der Waals surface area contributed by atoms with E-state index in [-0.39, 0.29) is 11.4 Å². The first-order chi connectivity index (χ1) is 9.69. The van der Waals surface area contributed by atoms with Gasteiger partial charge in [0, 0.05) is 5.69 Å². The summed E-state index contributed by atoms with van der Waals surface area (Å²) in [5, 5.41) is 11.7. The van der Waals surface area contributed by atoms with Crippen LogP contribution in [-0.4, -0.2) is 5.91 Å². The SMILES string of the molecule is N#C/C(=C\c1ccc(F)cc1)C(=O)Nc1ccccc1. The fourth-order valence-corrected chi connectivity index (χ4v) is 1.59. The second-order valence-electron chi connectivity index (χ2n) is 4.04. The van der Waals surface area contributed by atoms with E-state index in [0.717, 1.165) is 0 Å². The molecule has 0 heterocycles. The molecule has 0 aliphatic carbocycles. The van der Waals surface area contributed by atoms with Crippen molar-refractivity contribution < 1.29 is 9.18 Å². The summed E-state index contributed by atoms with van der Waals surface area (Å²) in [5.41, 5.74) is 1.16. The normalized spacial score (nSPS) is 10.7. The largest absolute Gasteiger partial charge is 0.321 e. The highest BCUT2D eigenvalue weighted by atomic mass is 19.1. The third kappa shape index (κ3) is 3.53. The van der Waals surface area contributed by atoms with Crippen molar-refractivity contribution in [1.82, 2.24) is 0 Å². The van der Waals surface area contributed by atoms with E-state index in [1.165, 1.54) is 30.3 Å². The molecule has 1 amide bonds. The average Bonchev–Trinajstić information content (AvgIpc) is 2.47. The van der Waals surface area contributed by atoms with Crippen molar-refractivity contribution in [2.24, 2.45) is 0 Å². The summed E-state index contributed by atoms with van der Waals surface area (Å²) in [6, 6.07) is 16.2. The van der Waals surface area contributed by atoms with Crippen LogP contribution in [0.4, 0.5) is 10.1 Å². The maximum absolute atomic E-state index is 12.8. The molecule has 0 aliphatic rings. The lowest BCUT2D eigenvalue weighted by Crippen LogP contribution is -2.13. The molecule has 0 unspecified atom stereocenters. The molecule has 0 spiro atoms. The number of benzene rings is 2. The van der Waals surface area contributed by atoms with E-state index >= 15 is 0 Å². The van der Waals surface area contributed by atoms with E-state index in [1.54, 1.807) is 24.3 Å². The van der Waals surface area contributed by atoms with Gasteiger partial charge in [-0.05, 0) is 35.9 Å². The van der Waals surface area contributed by atoms with Gasteiger partial charge in [-0.1, -0.05) is 30.3 Å². The van der Waals surface area contributed by atoms with Crippen LogP contribution in [0.1, 0.15) is 5.56 Å². The second-order valence-corrected chi connectivity index (χ2v) is 4.04. The molecule has 98 valence electrons. The van der Waals surface area contributed by atoms with E-state index in [4.69, 9.17) is 5.26 Å². The van der Waals surface area contributed by atoms with Gasteiger partial charge in [-0.15, -0.1) is 0 Å². The first-order valence-corrected chi connectivity index (χ1v) is 5.93. The molecule has 4 heteroatoms. The number of rotatable bonds is 3. The fourth-order valence-electron chi connectivity index (χ4n) is 1.59. The van der Waals surface area contributed by atoms with Gasteiger partial charge in [-0.3, -0.25) is 4.79 Å². The zero-order valence-corrected chi connectivity index (χ0v) is 10.5. The smallest absolute Gasteiger partial charge is 0.266 e. The van der Waals surface area contributed by atoms with Gasteiger partial charge in [-0.25, -0.2) is 4.39 Å². The monoisotopic (exact) mass is 266 g/mol. The number of anilines is 1. The van der Waals surface area contributed by atoms with Crippen molar-refractivity contribution in [2.75, 3.05) is 5.32 Å². The number of carbonyl (C=O) groups is 1. The molecule has 0 aromatic heterocycles. The number of nitrogens with one attached hydrogen (secondary N) is 1. The Hall–Kier alpha value is -2.93. The maximum Gasteiger partial charge on any atom is 0.266 e. The molecule has 0 atom stereocenters. The van der Waals surface area contributed by atoms with Crippen LogP contribution in [0.15, 0.2) is 60.2 Å². The van der Waals surface area contributed by atoms with Crippen molar-refractivity contribution in [2.45, 2.75) is 0 Å². The van der Waals surface area contributed by atoms with Gasteiger partial charge in [0.25, 0.3) is 5.91 Å². The van der Waals surface area contributed by atoms with Crippen molar-refractivity contribution in [3.63, 3.8) is 0 Å². The van der Waals surface area contributed by atoms with Gasteiger partial charge in [0.2, 0.25) is 0 Å². The highest BCUT2D eigenvalue weighted by Crippen LogP contribution is 2.11. The fraction of sp³-hybridized carbons (Fsp3) is 0. The van der Waals surface area contributed by atoms with Gasteiger partial charge in [0.05, 0.1) is 0 Å². The van der Waals surface area contributed by atoms with Crippen LogP contribution in [0.25, 0.3) is 6.08 Å². The minimum Gasteiger partial charge on any atom is -0.321 e. The molecule has 2 rings (SSSR count). The molecule has 2 aromatic carbocycles. The number of carbonyl (C=O) groups excluding carboxylic acids is 1. The molecule has 0 saturated carbocycles. The molecule has 0 saturated heterocycles. The van der Waals surface area contributed by atoms with Crippen molar-refractivity contribution in [1.29, 1.82) is 5.26 Å². The van der Waals surface area contributed by atoms with Crippen molar-refractivity contribution in [3.05, 3.63) is 71.6 Å². The Kier molecular flexibility index (Phi) is 4.25. The van der Waals surface area contributed by atoms with Gasteiger partial charge in [0.15, 0.2) is 0 Å². The number of halogens is 1. The minimum absolute atomic E-state index is 0.0412. The molecule has 0 fully saturated rings. The highest BCUT2D eigenvalue weighted by Gasteiger charge is 2.09. The predicted molar refractivity (Wildman–Crippen MR) is 75.1 cm³/mol. The maximum atomic E-state index is 12.8. The average molecular weight is 266 g/mol. The molecular formula is C16H11FN2O. The summed E-state index contributed by atoms with van der Waals surface area (Å²) >= 11 is 0. The zero-order chi connectivity index (χ0) is 14.4. The standard InChI is InChI=1S/C16H11FN2O/c17-14-8-6-12(7-9-14)10-13(11-18)16(20)19-15-4-2-1-3-5-15/h1-10H,(H,19,20)/b13-10+. The third-order valence-electron chi connectivity index (χ3n) is 2.58. The first kappa shape index (κ1) is 13.5. The zero-order valence-electron chi connectivity index (χ0n) is 10.5. The first-order valence-electron chi connectivity index (χ1n) is 5.93. The topological polar surface area (TPSA) is 52.9 Å². The van der Waals surface area contributed by atoms with E-state index in [1.807, 2.05) is 12.1 Å². The Bertz CT molecular complexity index is 670. The van der Waals surface area contributed by atoms with Crippen LogP contribution in [-0.2, 0) is 4.79 Å². The summed E-state index contributed by atoms with van der Waals surface area (Å²) in [4.78, 5) is 11.9. The van der Waals surface area contributed by atoms with Crippen molar-refractivity contribution >= 4 is 17.7 Å². The number of para-hydroxylation sites is 1. The Balaban J connectivity index is 2.18. The number of nitriles is 1. The quantitative estimate of drug-likeness (QED) is 0.684. The lowest BCUT2D eigenvalue weighted by atomic mass is 10.1. The Morgan fingerprint density at radius 3 is 2.35 bits per heavy atom. The lowest BCUT2D eigenvalue weighted by Gasteiger charge is -2.03. The molecule has 0 radical (unpaired) electrons. The summed E-state index contributed by atoms with van der Waals surface area (Å²) in [7, 11) is 0. The summed E-state index contributed by atoms with van der Waals surface area (Å²) in [5.74, 6) is -0.864. The summed E-state index contributed by atoms with van der Waals surface area (Å²) in [6.07, 6.45) is 1.41. The Morgan fingerprint density at radius 2 is 1.75 bits per heavy atom. The van der Waals surface area contributed by atoms with Crippen LogP contribution >= 0.6 is 0 Å². The van der Waals surface area contributed by atoms with Crippen LogP contribution in [0.2, 0.25) is 0 Å². The molecule has 20 heavy (non-hydrogen) atoms. The van der Waals surface area contributed by atoms with Gasteiger partial charge < -0.3 is 5.32 Å². The van der Waals surface area contributed by atoms with Gasteiger partial charge in [0.1, 0.15) is 17.5 Å². The minimum atomic E-state index is -0.497. The highest BCUT2D eigenvalue weighted by molar-refractivity contribution is 6.09. The molecule has 2 aromatic rings. The Morgan fingerprint density at radius 1 is 1.10 bits per heavy atom. The van der Waals surface area contributed by atoms with E-state index in [2.05, 4.69) is 5.32 Å². The van der Waals surface area contributed by atoms with Crippen LogP contribution in [0.3, 0.4) is 0 Å². The van der Waals surface area contributed by atoms with Gasteiger partial charge in [-0.2, -0.15) is 5.26 Å². The lowest BCUT2D eigenvalue weighted by molar-refractivity contribution is -0.112. The number of nitrogens with zero attached hydrogens (tertiary/aromatic N) is 1. The van der Waals surface area contributed by atoms with Crippen LogP contribution < -0.4 is 5.32 Å². The summed E-state index contributed by atoms with van der Waals surface area (Å²) in [6.45, 7) is 0. The number of amides is 1. The molecule has 0 aliphatic heterocycles.